The molecule has 0 aliphatic rings. The zero-order valence-electron chi connectivity index (χ0n) is 12.0. The smallest absolute Gasteiger partial charge is 0.118 e. The van der Waals surface area contributed by atoms with Gasteiger partial charge in [-0.2, -0.15) is 0 Å². The van der Waals surface area contributed by atoms with E-state index in [1.165, 1.54) is 5.56 Å². The minimum absolute atomic E-state index is 0.403. The van der Waals surface area contributed by atoms with E-state index in [2.05, 4.69) is 33.0 Å². The summed E-state index contributed by atoms with van der Waals surface area (Å²) >= 11 is 8.57. The van der Waals surface area contributed by atoms with E-state index in [1.807, 2.05) is 37.4 Å². The first-order valence-corrected chi connectivity index (χ1v) is 7.65. The average Bonchev–Trinajstić information content (AvgIpc) is 2.47. The molecule has 0 heterocycles. The predicted octanol–water partition coefficient (Wildman–Crippen LogP) is 3.73. The molecule has 0 unspecified atom stereocenters. The minimum atomic E-state index is 0.403. The van der Waals surface area contributed by atoms with Crippen molar-refractivity contribution < 1.29 is 4.74 Å². The normalized spacial score (nSPS) is 10.2. The quantitative estimate of drug-likeness (QED) is 0.820. The van der Waals surface area contributed by atoms with Crippen LogP contribution in [0.1, 0.15) is 11.1 Å². The highest BCUT2D eigenvalue weighted by molar-refractivity contribution is 9.10. The lowest BCUT2D eigenvalue weighted by molar-refractivity contribution is 0.414. The van der Waals surface area contributed by atoms with E-state index in [1.54, 1.807) is 7.11 Å². The van der Waals surface area contributed by atoms with Crippen LogP contribution in [0.2, 0.25) is 0 Å². The van der Waals surface area contributed by atoms with E-state index in [9.17, 15) is 0 Å². The Kier molecular flexibility index (Phi) is 5.20. The number of thiocarbonyl (C=S) groups is 1. The van der Waals surface area contributed by atoms with Gasteiger partial charge in [0, 0.05) is 23.6 Å². The highest BCUT2D eigenvalue weighted by Crippen LogP contribution is 2.28. The highest BCUT2D eigenvalue weighted by atomic mass is 79.9. The van der Waals surface area contributed by atoms with E-state index in [0.717, 1.165) is 28.0 Å². The number of hydrogen-bond donors (Lipinski definition) is 1. The van der Waals surface area contributed by atoms with Crippen molar-refractivity contribution >= 4 is 38.8 Å². The summed E-state index contributed by atoms with van der Waals surface area (Å²) in [5.74, 6) is 0.864. The van der Waals surface area contributed by atoms with Crippen LogP contribution < -0.4 is 15.4 Å². The van der Waals surface area contributed by atoms with Crippen LogP contribution in [-0.2, 0) is 6.54 Å². The van der Waals surface area contributed by atoms with E-state index in [-0.39, 0.29) is 0 Å². The largest absolute Gasteiger partial charge is 0.497 e. The molecule has 5 heteroatoms. The van der Waals surface area contributed by atoms with Crippen molar-refractivity contribution in [1.29, 1.82) is 0 Å². The van der Waals surface area contributed by atoms with Gasteiger partial charge in [0.2, 0.25) is 0 Å². The molecule has 0 aliphatic carbocycles. The van der Waals surface area contributed by atoms with Gasteiger partial charge in [0.15, 0.2) is 0 Å². The molecule has 0 spiro atoms. The van der Waals surface area contributed by atoms with Gasteiger partial charge in [0.05, 0.1) is 12.8 Å². The SMILES string of the molecule is COc1ccc(CN(C)c2ccc(C(N)=S)cc2Br)cc1. The lowest BCUT2D eigenvalue weighted by atomic mass is 10.1. The number of methoxy groups -OCH3 is 1. The van der Waals surface area contributed by atoms with E-state index in [4.69, 9.17) is 22.7 Å². The number of ether oxygens (including phenoxy) is 1. The molecule has 3 nitrogen and oxygen atoms in total. The van der Waals surface area contributed by atoms with Gasteiger partial charge >= 0.3 is 0 Å². The summed E-state index contributed by atoms with van der Waals surface area (Å²) in [6.07, 6.45) is 0. The highest BCUT2D eigenvalue weighted by Gasteiger charge is 2.08. The molecule has 0 bridgehead atoms. The van der Waals surface area contributed by atoms with Gasteiger partial charge in [-0.15, -0.1) is 0 Å². The average molecular weight is 365 g/mol. The number of anilines is 1. The number of rotatable bonds is 5. The first kappa shape index (κ1) is 15.8. The Hall–Kier alpha value is -1.59. The van der Waals surface area contributed by atoms with Crippen LogP contribution in [0.5, 0.6) is 5.75 Å². The zero-order chi connectivity index (χ0) is 15.4. The number of hydrogen-bond acceptors (Lipinski definition) is 3. The third-order valence-corrected chi connectivity index (χ3v) is 4.09. The molecule has 0 saturated heterocycles. The van der Waals surface area contributed by atoms with Crippen LogP contribution in [0.15, 0.2) is 46.9 Å². The molecule has 0 atom stereocenters. The van der Waals surface area contributed by atoms with Gasteiger partial charge in [0.1, 0.15) is 10.7 Å². The van der Waals surface area contributed by atoms with Crippen molar-refractivity contribution in [2.45, 2.75) is 6.54 Å². The number of halogens is 1. The number of nitrogens with two attached hydrogens (primary N) is 1. The summed E-state index contributed by atoms with van der Waals surface area (Å²) in [6, 6.07) is 14.0. The fraction of sp³-hybridized carbons (Fsp3) is 0.188. The van der Waals surface area contributed by atoms with Gasteiger partial charge in [0.25, 0.3) is 0 Å². The van der Waals surface area contributed by atoms with E-state index >= 15 is 0 Å². The first-order valence-electron chi connectivity index (χ1n) is 6.44. The van der Waals surface area contributed by atoms with Crippen molar-refractivity contribution in [1.82, 2.24) is 0 Å². The molecular weight excluding hydrogens is 348 g/mol. The molecule has 0 saturated carbocycles. The second-order valence-electron chi connectivity index (χ2n) is 4.73. The van der Waals surface area contributed by atoms with Crippen LogP contribution in [0.4, 0.5) is 5.69 Å². The number of nitrogens with zero attached hydrogens (tertiary/aromatic N) is 1. The molecule has 21 heavy (non-hydrogen) atoms. The molecule has 0 aromatic heterocycles. The monoisotopic (exact) mass is 364 g/mol. The predicted molar refractivity (Wildman–Crippen MR) is 95.1 cm³/mol. The van der Waals surface area contributed by atoms with Gasteiger partial charge in [-0.05, 0) is 51.8 Å². The van der Waals surface area contributed by atoms with Crippen LogP contribution in [0.3, 0.4) is 0 Å². The molecule has 0 amide bonds. The van der Waals surface area contributed by atoms with Crippen LogP contribution in [-0.4, -0.2) is 19.1 Å². The minimum Gasteiger partial charge on any atom is -0.497 e. The van der Waals surface area contributed by atoms with Crippen molar-refractivity contribution in [2.24, 2.45) is 5.73 Å². The fourth-order valence-corrected chi connectivity index (χ4v) is 2.87. The Morgan fingerprint density at radius 3 is 2.43 bits per heavy atom. The second-order valence-corrected chi connectivity index (χ2v) is 6.03. The molecule has 2 aromatic rings. The molecular formula is C16H17BrN2OS. The number of benzene rings is 2. The van der Waals surface area contributed by atoms with Gasteiger partial charge in [-0.1, -0.05) is 24.4 Å². The fourth-order valence-electron chi connectivity index (χ4n) is 2.06. The Morgan fingerprint density at radius 2 is 1.90 bits per heavy atom. The Balaban J connectivity index is 2.15. The Labute approximate surface area is 138 Å². The Bertz CT molecular complexity index is 643. The molecule has 2 rings (SSSR count). The zero-order valence-corrected chi connectivity index (χ0v) is 14.4. The lowest BCUT2D eigenvalue weighted by Gasteiger charge is -2.21. The molecule has 0 fully saturated rings. The van der Waals surface area contributed by atoms with Crippen molar-refractivity contribution in [2.75, 3.05) is 19.1 Å². The first-order chi connectivity index (χ1) is 10.0. The molecule has 2 N–H and O–H groups in total. The molecule has 0 aliphatic heterocycles. The summed E-state index contributed by atoms with van der Waals surface area (Å²) in [5.41, 5.74) is 8.80. The van der Waals surface area contributed by atoms with E-state index in [0.29, 0.717) is 4.99 Å². The van der Waals surface area contributed by atoms with Crippen molar-refractivity contribution in [3.05, 3.63) is 58.1 Å². The lowest BCUT2D eigenvalue weighted by Crippen LogP contribution is -2.17. The Morgan fingerprint density at radius 1 is 1.24 bits per heavy atom. The maximum Gasteiger partial charge on any atom is 0.118 e. The topological polar surface area (TPSA) is 38.5 Å². The van der Waals surface area contributed by atoms with Crippen LogP contribution in [0, 0.1) is 0 Å². The summed E-state index contributed by atoms with van der Waals surface area (Å²) in [7, 11) is 3.71. The standard InChI is InChI=1S/C16H17BrN2OS/c1-19(10-11-3-6-13(20-2)7-4-11)15-8-5-12(16(18)21)9-14(15)17/h3-9H,10H2,1-2H3,(H2,18,21). The maximum absolute atomic E-state index is 5.64. The van der Waals surface area contributed by atoms with Crippen molar-refractivity contribution in [3.8, 4) is 5.75 Å². The summed E-state index contributed by atoms with van der Waals surface area (Å²) in [6.45, 7) is 0.801. The van der Waals surface area contributed by atoms with Gasteiger partial charge in [-0.25, -0.2) is 0 Å². The molecule has 2 aromatic carbocycles. The maximum atomic E-state index is 5.64. The van der Waals surface area contributed by atoms with Crippen LogP contribution >= 0.6 is 28.1 Å². The summed E-state index contributed by atoms with van der Waals surface area (Å²) in [4.78, 5) is 2.56. The molecule has 110 valence electrons. The van der Waals surface area contributed by atoms with E-state index < -0.39 is 0 Å². The van der Waals surface area contributed by atoms with Crippen LogP contribution in [0.25, 0.3) is 0 Å². The summed E-state index contributed by atoms with van der Waals surface area (Å²) in [5, 5.41) is 0. The van der Waals surface area contributed by atoms with Gasteiger partial charge < -0.3 is 15.4 Å². The van der Waals surface area contributed by atoms with Gasteiger partial charge in [-0.3, -0.25) is 0 Å². The second kappa shape index (κ2) is 6.91. The third kappa shape index (κ3) is 3.95. The summed E-state index contributed by atoms with van der Waals surface area (Å²) < 4.78 is 6.14. The molecule has 0 radical (unpaired) electrons. The van der Waals surface area contributed by atoms with Crippen molar-refractivity contribution in [3.63, 3.8) is 0 Å². The third-order valence-electron chi connectivity index (χ3n) is 3.22.